The molecule has 0 aliphatic carbocycles. The average molecular weight is 446 g/mol. The molecule has 1 aliphatic heterocycles. The lowest BCUT2D eigenvalue weighted by Gasteiger charge is -2.32. The van der Waals surface area contributed by atoms with E-state index in [0.29, 0.717) is 41.1 Å². The lowest BCUT2D eigenvalue weighted by molar-refractivity contribution is 0.0916. The van der Waals surface area contributed by atoms with E-state index >= 15 is 0 Å². The van der Waals surface area contributed by atoms with Crippen molar-refractivity contribution >= 4 is 23.2 Å². The fourth-order valence-corrected chi connectivity index (χ4v) is 3.98. The largest absolute Gasteiger partial charge is 0.496 e. The molecule has 1 heterocycles. The van der Waals surface area contributed by atoms with Gasteiger partial charge in [-0.25, -0.2) is 0 Å². The van der Waals surface area contributed by atoms with E-state index in [9.17, 15) is 4.79 Å². The first-order valence-corrected chi connectivity index (χ1v) is 11.2. The standard InChI is InChI=1S/C24H32ClN3O3/c1-30-23-15-22(26)21(25)14-20(23)24(29)27-16-18-8-11-28(12-9-18)10-5-13-31-17-19-6-3-2-4-7-19/h2-4,6-7,14-15,18H,5,8-13,16-17,26H2,1H3,(H,27,29). The minimum atomic E-state index is -0.184. The maximum absolute atomic E-state index is 12.6. The van der Waals surface area contributed by atoms with Crippen LogP contribution in [0.15, 0.2) is 42.5 Å². The average Bonchev–Trinajstić information content (AvgIpc) is 2.80. The first-order chi connectivity index (χ1) is 15.1. The molecule has 3 N–H and O–H groups in total. The number of piperidine rings is 1. The number of nitrogens with one attached hydrogen (secondary N) is 1. The van der Waals surface area contributed by atoms with Gasteiger partial charge in [-0.05, 0) is 49.9 Å². The van der Waals surface area contributed by atoms with Gasteiger partial charge in [-0.15, -0.1) is 0 Å². The van der Waals surface area contributed by atoms with Crippen LogP contribution in [0.1, 0.15) is 35.2 Å². The molecule has 1 saturated heterocycles. The summed E-state index contributed by atoms with van der Waals surface area (Å²) in [4.78, 5) is 15.1. The Hall–Kier alpha value is -2.28. The van der Waals surface area contributed by atoms with E-state index in [1.165, 1.54) is 12.7 Å². The van der Waals surface area contributed by atoms with Gasteiger partial charge in [-0.3, -0.25) is 4.79 Å². The van der Waals surface area contributed by atoms with Crippen LogP contribution in [0, 0.1) is 5.92 Å². The summed E-state index contributed by atoms with van der Waals surface area (Å²) in [6.07, 6.45) is 3.18. The van der Waals surface area contributed by atoms with Crippen molar-refractivity contribution in [2.24, 2.45) is 5.92 Å². The summed E-state index contributed by atoms with van der Waals surface area (Å²) in [5, 5.41) is 3.38. The van der Waals surface area contributed by atoms with Crippen LogP contribution in [0.25, 0.3) is 0 Å². The van der Waals surface area contributed by atoms with Crippen molar-refractivity contribution in [1.29, 1.82) is 0 Å². The number of benzene rings is 2. The van der Waals surface area contributed by atoms with Gasteiger partial charge in [-0.2, -0.15) is 0 Å². The Morgan fingerprint density at radius 1 is 1.23 bits per heavy atom. The number of amides is 1. The van der Waals surface area contributed by atoms with E-state index in [1.807, 2.05) is 18.2 Å². The van der Waals surface area contributed by atoms with E-state index in [4.69, 9.17) is 26.8 Å². The molecule has 1 fully saturated rings. The Morgan fingerprint density at radius 2 is 1.97 bits per heavy atom. The Morgan fingerprint density at radius 3 is 2.68 bits per heavy atom. The van der Waals surface area contributed by atoms with Gasteiger partial charge in [-0.1, -0.05) is 41.9 Å². The van der Waals surface area contributed by atoms with Gasteiger partial charge in [0.25, 0.3) is 5.91 Å². The molecule has 1 aliphatic rings. The molecule has 31 heavy (non-hydrogen) atoms. The van der Waals surface area contributed by atoms with Crippen molar-refractivity contribution in [2.45, 2.75) is 25.9 Å². The van der Waals surface area contributed by atoms with Crippen molar-refractivity contribution in [3.8, 4) is 5.75 Å². The molecule has 7 heteroatoms. The van der Waals surface area contributed by atoms with Crippen LogP contribution in [0.2, 0.25) is 5.02 Å². The Kier molecular flexibility index (Phi) is 9.00. The SMILES string of the molecule is COc1cc(N)c(Cl)cc1C(=O)NCC1CCN(CCCOCc2ccccc2)CC1. The highest BCUT2D eigenvalue weighted by molar-refractivity contribution is 6.33. The lowest BCUT2D eigenvalue weighted by atomic mass is 9.96. The first-order valence-electron chi connectivity index (χ1n) is 10.8. The molecule has 2 aromatic carbocycles. The number of nitrogens with two attached hydrogens (primary N) is 1. The van der Waals surface area contributed by atoms with Gasteiger partial charge in [0.15, 0.2) is 0 Å². The molecule has 0 atom stereocenters. The second-order valence-corrected chi connectivity index (χ2v) is 8.37. The summed E-state index contributed by atoms with van der Waals surface area (Å²) in [7, 11) is 1.52. The third-order valence-corrected chi connectivity index (χ3v) is 6.02. The summed E-state index contributed by atoms with van der Waals surface area (Å²) >= 11 is 6.07. The van der Waals surface area contributed by atoms with Crippen LogP contribution in [0.4, 0.5) is 5.69 Å². The Labute approximate surface area is 189 Å². The molecule has 0 saturated carbocycles. The van der Waals surface area contributed by atoms with Crippen LogP contribution in [0.5, 0.6) is 5.75 Å². The minimum absolute atomic E-state index is 0.184. The van der Waals surface area contributed by atoms with Crippen LogP contribution >= 0.6 is 11.6 Å². The molecule has 0 unspecified atom stereocenters. The number of halogens is 1. The molecule has 0 bridgehead atoms. The molecule has 0 spiro atoms. The van der Waals surface area contributed by atoms with Crippen LogP contribution in [-0.4, -0.2) is 50.7 Å². The number of rotatable bonds is 10. The second-order valence-electron chi connectivity index (χ2n) is 7.96. The van der Waals surface area contributed by atoms with Gasteiger partial charge in [0.2, 0.25) is 0 Å². The highest BCUT2D eigenvalue weighted by Gasteiger charge is 2.21. The first kappa shape index (κ1) is 23.4. The maximum Gasteiger partial charge on any atom is 0.255 e. The number of likely N-dealkylation sites (tertiary alicyclic amines) is 1. The third-order valence-electron chi connectivity index (χ3n) is 5.70. The van der Waals surface area contributed by atoms with Gasteiger partial charge in [0, 0.05) is 25.8 Å². The van der Waals surface area contributed by atoms with Crippen molar-refractivity contribution in [3.63, 3.8) is 0 Å². The number of hydrogen-bond acceptors (Lipinski definition) is 5. The van der Waals surface area contributed by atoms with E-state index in [1.54, 1.807) is 12.1 Å². The van der Waals surface area contributed by atoms with Crippen LogP contribution in [0.3, 0.4) is 0 Å². The number of ether oxygens (including phenoxy) is 2. The number of carbonyl (C=O) groups excluding carboxylic acids is 1. The van der Waals surface area contributed by atoms with E-state index in [-0.39, 0.29) is 5.91 Å². The topological polar surface area (TPSA) is 76.8 Å². The molecule has 2 aromatic rings. The summed E-state index contributed by atoms with van der Waals surface area (Å²) in [6, 6.07) is 13.4. The highest BCUT2D eigenvalue weighted by Crippen LogP contribution is 2.29. The number of nitrogens with zero attached hydrogens (tertiary/aromatic N) is 1. The minimum Gasteiger partial charge on any atom is -0.496 e. The number of hydrogen-bond donors (Lipinski definition) is 2. The zero-order chi connectivity index (χ0) is 22.1. The van der Waals surface area contributed by atoms with E-state index < -0.39 is 0 Å². The van der Waals surface area contributed by atoms with Gasteiger partial charge >= 0.3 is 0 Å². The smallest absolute Gasteiger partial charge is 0.255 e. The van der Waals surface area contributed by atoms with E-state index in [0.717, 1.165) is 45.5 Å². The summed E-state index contributed by atoms with van der Waals surface area (Å²) in [6.45, 7) is 5.25. The fourth-order valence-electron chi connectivity index (χ4n) is 3.82. The monoisotopic (exact) mass is 445 g/mol. The summed E-state index contributed by atoms with van der Waals surface area (Å²) in [5.74, 6) is 0.727. The summed E-state index contributed by atoms with van der Waals surface area (Å²) < 4.78 is 11.0. The van der Waals surface area contributed by atoms with E-state index in [2.05, 4.69) is 22.3 Å². The lowest BCUT2D eigenvalue weighted by Crippen LogP contribution is -2.39. The van der Waals surface area contributed by atoms with Gasteiger partial charge in [0.1, 0.15) is 5.75 Å². The van der Waals surface area contributed by atoms with Crippen molar-refractivity contribution < 1.29 is 14.3 Å². The Balaban J connectivity index is 1.32. The molecule has 168 valence electrons. The van der Waals surface area contributed by atoms with Gasteiger partial charge in [0.05, 0.1) is 30.0 Å². The number of nitrogen functional groups attached to an aromatic ring is 1. The number of methoxy groups -OCH3 is 1. The fraction of sp³-hybridized carbons (Fsp3) is 0.458. The zero-order valence-electron chi connectivity index (χ0n) is 18.1. The molecule has 3 rings (SSSR count). The predicted octanol–water partition coefficient (Wildman–Crippen LogP) is 3.98. The maximum atomic E-state index is 12.6. The molecule has 0 radical (unpaired) electrons. The number of carbonyl (C=O) groups is 1. The van der Waals surface area contributed by atoms with Crippen LogP contribution in [-0.2, 0) is 11.3 Å². The normalized spacial score (nSPS) is 15.0. The predicted molar refractivity (Wildman–Crippen MR) is 125 cm³/mol. The zero-order valence-corrected chi connectivity index (χ0v) is 18.9. The van der Waals surface area contributed by atoms with Crippen molar-refractivity contribution in [1.82, 2.24) is 10.2 Å². The van der Waals surface area contributed by atoms with Crippen molar-refractivity contribution in [3.05, 3.63) is 58.6 Å². The Bertz CT molecular complexity index is 839. The molecular formula is C24H32ClN3O3. The molecule has 1 amide bonds. The quantitative estimate of drug-likeness (QED) is 0.427. The summed E-state index contributed by atoms with van der Waals surface area (Å²) in [5.41, 5.74) is 7.81. The molecule has 6 nitrogen and oxygen atoms in total. The number of anilines is 1. The second kappa shape index (κ2) is 11.9. The van der Waals surface area contributed by atoms with Crippen molar-refractivity contribution in [2.75, 3.05) is 45.6 Å². The molecular weight excluding hydrogens is 414 g/mol. The molecule has 0 aromatic heterocycles. The highest BCUT2D eigenvalue weighted by atomic mass is 35.5. The van der Waals surface area contributed by atoms with Gasteiger partial charge < -0.3 is 25.4 Å². The van der Waals surface area contributed by atoms with Crippen LogP contribution < -0.4 is 15.8 Å². The third kappa shape index (κ3) is 7.13.